The number of thiophene rings is 1. The third-order valence-corrected chi connectivity index (χ3v) is 7.03. The molecule has 0 bridgehead atoms. The van der Waals surface area contributed by atoms with Crippen LogP contribution in [0.25, 0.3) is 10.2 Å². The van der Waals surface area contributed by atoms with Gasteiger partial charge in [0.25, 0.3) is 5.91 Å². The average Bonchev–Trinajstić information content (AvgIpc) is 3.35. The number of amides is 1. The van der Waals surface area contributed by atoms with Crippen LogP contribution in [0.4, 0.5) is 5.82 Å². The van der Waals surface area contributed by atoms with Crippen LogP contribution in [-0.2, 0) is 6.42 Å². The Morgan fingerprint density at radius 1 is 1.34 bits per heavy atom. The zero-order valence-electron chi connectivity index (χ0n) is 17.3. The molecule has 7 heteroatoms. The molecule has 154 valence electrons. The number of anilines is 1. The fourth-order valence-corrected chi connectivity index (χ4v) is 5.30. The Bertz CT molecular complexity index is 976. The molecule has 1 N–H and O–H groups in total. The highest BCUT2D eigenvalue weighted by molar-refractivity contribution is 7.20. The number of rotatable bonds is 6. The van der Waals surface area contributed by atoms with E-state index in [-0.39, 0.29) is 11.9 Å². The molecular weight excluding hydrogens is 384 g/mol. The highest BCUT2D eigenvalue weighted by Crippen LogP contribution is 2.36. The zero-order valence-corrected chi connectivity index (χ0v) is 18.1. The third-order valence-electron chi connectivity index (χ3n) is 5.83. The summed E-state index contributed by atoms with van der Waals surface area (Å²) in [6.45, 7) is 4.00. The molecule has 29 heavy (non-hydrogen) atoms. The van der Waals surface area contributed by atoms with Crippen molar-refractivity contribution in [3.05, 3.63) is 40.9 Å². The molecule has 1 saturated carbocycles. The summed E-state index contributed by atoms with van der Waals surface area (Å²) < 4.78 is 5.39. The van der Waals surface area contributed by atoms with Gasteiger partial charge in [-0.25, -0.2) is 9.97 Å². The monoisotopic (exact) mass is 412 g/mol. The van der Waals surface area contributed by atoms with Crippen molar-refractivity contribution in [3.63, 3.8) is 0 Å². The van der Waals surface area contributed by atoms with E-state index in [9.17, 15) is 4.79 Å². The maximum atomic E-state index is 13.0. The minimum atomic E-state index is -0.0594. The molecule has 0 unspecified atom stereocenters. The Hall–Kier alpha value is -2.41. The summed E-state index contributed by atoms with van der Waals surface area (Å²) in [6, 6.07) is 4.28. The number of furan rings is 1. The quantitative estimate of drug-likeness (QED) is 0.634. The fourth-order valence-electron chi connectivity index (χ4n) is 4.25. The van der Waals surface area contributed by atoms with Crippen molar-refractivity contribution >= 4 is 33.3 Å². The first-order valence-electron chi connectivity index (χ1n) is 10.3. The van der Waals surface area contributed by atoms with Crippen LogP contribution in [0.5, 0.6) is 0 Å². The molecule has 1 aliphatic carbocycles. The molecule has 4 rings (SSSR count). The van der Waals surface area contributed by atoms with E-state index in [0.29, 0.717) is 17.3 Å². The predicted octanol–water partition coefficient (Wildman–Crippen LogP) is 4.72. The number of aryl methyl sites for hydroxylation is 1. The minimum absolute atomic E-state index is 0.0197. The van der Waals surface area contributed by atoms with Crippen LogP contribution in [0.2, 0.25) is 0 Å². The molecule has 1 atom stereocenters. The number of nitrogens with one attached hydrogen (secondary N) is 1. The van der Waals surface area contributed by atoms with Crippen LogP contribution in [-0.4, -0.2) is 35.0 Å². The summed E-state index contributed by atoms with van der Waals surface area (Å²) in [5.74, 6) is 1.75. The van der Waals surface area contributed by atoms with E-state index in [0.717, 1.165) is 27.4 Å². The van der Waals surface area contributed by atoms with Crippen LogP contribution < -0.4 is 10.2 Å². The lowest BCUT2D eigenvalue weighted by atomic mass is 9.94. The van der Waals surface area contributed by atoms with Crippen molar-refractivity contribution in [3.8, 4) is 0 Å². The van der Waals surface area contributed by atoms with Gasteiger partial charge in [0.2, 0.25) is 0 Å². The van der Waals surface area contributed by atoms with Crippen molar-refractivity contribution < 1.29 is 9.21 Å². The third kappa shape index (κ3) is 4.15. The summed E-state index contributed by atoms with van der Waals surface area (Å²) in [5.41, 5.74) is 0.964. The van der Waals surface area contributed by atoms with Gasteiger partial charge in [-0.05, 0) is 44.4 Å². The van der Waals surface area contributed by atoms with Gasteiger partial charge in [0.15, 0.2) is 0 Å². The highest BCUT2D eigenvalue weighted by Gasteiger charge is 2.25. The van der Waals surface area contributed by atoms with E-state index in [2.05, 4.69) is 27.2 Å². The molecule has 0 radical (unpaired) electrons. The van der Waals surface area contributed by atoms with Gasteiger partial charge in [0.1, 0.15) is 22.7 Å². The standard InChI is InChI=1S/C22H28N4O2S/c1-14(12-17-10-7-11-28-17)25-21(27)19-15(2)18-20(23-13-24-22(18)29-19)26(3)16-8-5-4-6-9-16/h7,10-11,13-14,16H,4-6,8-9,12H2,1-3H3,(H,25,27)/t14-/m0/s1. The molecule has 6 nitrogen and oxygen atoms in total. The van der Waals surface area contributed by atoms with E-state index < -0.39 is 0 Å². The van der Waals surface area contributed by atoms with Gasteiger partial charge in [-0.2, -0.15) is 0 Å². The first kappa shape index (κ1) is 19.9. The number of fused-ring (bicyclic) bond motifs is 1. The molecule has 0 aliphatic heterocycles. The topological polar surface area (TPSA) is 71.3 Å². The lowest BCUT2D eigenvalue weighted by Crippen LogP contribution is -2.34. The van der Waals surface area contributed by atoms with Gasteiger partial charge in [0.05, 0.1) is 16.5 Å². The lowest BCUT2D eigenvalue weighted by Gasteiger charge is -2.32. The average molecular weight is 413 g/mol. The predicted molar refractivity (Wildman–Crippen MR) is 117 cm³/mol. The van der Waals surface area contributed by atoms with Crippen LogP contribution >= 0.6 is 11.3 Å². The molecule has 0 aromatic carbocycles. The van der Waals surface area contributed by atoms with Crippen molar-refractivity contribution in [2.45, 2.75) is 64.5 Å². The normalized spacial score (nSPS) is 16.1. The Kier molecular flexibility index (Phi) is 5.85. The van der Waals surface area contributed by atoms with Crippen molar-refractivity contribution in [1.29, 1.82) is 0 Å². The summed E-state index contributed by atoms with van der Waals surface area (Å²) in [6.07, 6.45) is 10.2. The molecule has 3 aromatic rings. The SMILES string of the molecule is Cc1c(C(=O)N[C@@H](C)Cc2ccco2)sc2ncnc(N(C)C3CCCCC3)c12. The number of hydrogen-bond donors (Lipinski definition) is 1. The molecule has 3 aromatic heterocycles. The van der Waals surface area contributed by atoms with E-state index in [1.165, 1.54) is 43.4 Å². The maximum absolute atomic E-state index is 13.0. The second kappa shape index (κ2) is 8.53. The van der Waals surface area contributed by atoms with Crippen LogP contribution in [0.3, 0.4) is 0 Å². The first-order chi connectivity index (χ1) is 14.0. The van der Waals surface area contributed by atoms with E-state index >= 15 is 0 Å². The Morgan fingerprint density at radius 3 is 2.86 bits per heavy atom. The van der Waals surface area contributed by atoms with E-state index in [1.807, 2.05) is 26.0 Å². The van der Waals surface area contributed by atoms with Gasteiger partial charge in [-0.1, -0.05) is 19.3 Å². The molecule has 0 saturated heterocycles. The number of aromatic nitrogens is 2. The lowest BCUT2D eigenvalue weighted by molar-refractivity contribution is 0.0943. The molecular formula is C22H28N4O2S. The molecule has 0 spiro atoms. The summed E-state index contributed by atoms with van der Waals surface area (Å²) in [5, 5.41) is 4.11. The van der Waals surface area contributed by atoms with Crippen molar-refractivity contribution in [1.82, 2.24) is 15.3 Å². The molecule has 3 heterocycles. The van der Waals surface area contributed by atoms with Crippen molar-refractivity contribution in [2.75, 3.05) is 11.9 Å². The number of carbonyl (C=O) groups is 1. The summed E-state index contributed by atoms with van der Waals surface area (Å²) >= 11 is 1.45. The van der Waals surface area contributed by atoms with Crippen molar-refractivity contribution in [2.24, 2.45) is 0 Å². The summed E-state index contributed by atoms with van der Waals surface area (Å²) in [4.78, 5) is 25.9. The van der Waals surface area contributed by atoms with Crippen LogP contribution in [0, 0.1) is 6.92 Å². The van der Waals surface area contributed by atoms with Crippen LogP contribution in [0.1, 0.15) is 60.0 Å². The largest absolute Gasteiger partial charge is 0.469 e. The molecule has 1 amide bonds. The highest BCUT2D eigenvalue weighted by atomic mass is 32.1. The Labute approximate surface area is 175 Å². The second-order valence-electron chi connectivity index (χ2n) is 7.99. The van der Waals surface area contributed by atoms with Gasteiger partial charge < -0.3 is 14.6 Å². The second-order valence-corrected chi connectivity index (χ2v) is 8.99. The van der Waals surface area contributed by atoms with Gasteiger partial charge >= 0.3 is 0 Å². The Balaban J connectivity index is 1.57. The van der Waals surface area contributed by atoms with E-state index in [1.54, 1.807) is 12.6 Å². The number of carbonyl (C=O) groups excluding carboxylic acids is 1. The summed E-state index contributed by atoms with van der Waals surface area (Å²) in [7, 11) is 2.13. The minimum Gasteiger partial charge on any atom is -0.469 e. The molecule has 1 fully saturated rings. The molecule has 1 aliphatic rings. The van der Waals surface area contributed by atoms with Gasteiger partial charge in [-0.15, -0.1) is 11.3 Å². The van der Waals surface area contributed by atoms with Crippen LogP contribution in [0.15, 0.2) is 29.1 Å². The zero-order chi connectivity index (χ0) is 20.4. The maximum Gasteiger partial charge on any atom is 0.261 e. The van der Waals surface area contributed by atoms with Gasteiger partial charge in [-0.3, -0.25) is 4.79 Å². The number of hydrogen-bond acceptors (Lipinski definition) is 6. The first-order valence-corrected chi connectivity index (χ1v) is 11.2. The Morgan fingerprint density at radius 2 is 2.14 bits per heavy atom. The van der Waals surface area contributed by atoms with Gasteiger partial charge in [0, 0.05) is 25.6 Å². The number of nitrogens with zero attached hydrogens (tertiary/aromatic N) is 3. The smallest absolute Gasteiger partial charge is 0.261 e. The van der Waals surface area contributed by atoms with E-state index in [4.69, 9.17) is 4.42 Å². The fraction of sp³-hybridized carbons (Fsp3) is 0.500.